The molecule has 1 saturated carbocycles. The second-order valence-electron chi connectivity index (χ2n) is 9.98. The summed E-state index contributed by atoms with van der Waals surface area (Å²) in [6.07, 6.45) is 2.89. The van der Waals surface area contributed by atoms with Crippen molar-refractivity contribution in [3.8, 4) is 0 Å². The van der Waals surface area contributed by atoms with Crippen molar-refractivity contribution in [2.24, 2.45) is 10.9 Å². The third-order valence-electron chi connectivity index (χ3n) is 5.69. The van der Waals surface area contributed by atoms with E-state index in [4.69, 9.17) is 14.5 Å². The van der Waals surface area contributed by atoms with Crippen molar-refractivity contribution in [2.45, 2.75) is 72.1 Å². The van der Waals surface area contributed by atoms with Gasteiger partial charge >= 0.3 is 6.09 Å². The summed E-state index contributed by atoms with van der Waals surface area (Å²) in [5.74, 6) is 1.47. The molecule has 33 heavy (non-hydrogen) atoms. The molecule has 0 bridgehead atoms. The Morgan fingerprint density at radius 2 is 2.00 bits per heavy atom. The Hall–Kier alpha value is -1.55. The number of nitrogens with zero attached hydrogens (tertiary/aromatic N) is 3. The Labute approximate surface area is 216 Å². The van der Waals surface area contributed by atoms with E-state index in [0.29, 0.717) is 12.5 Å². The molecule has 8 heteroatoms. The molecule has 1 heterocycles. The number of hydrogen-bond acceptors (Lipinski definition) is 4. The van der Waals surface area contributed by atoms with Gasteiger partial charge in [-0.05, 0) is 71.1 Å². The first kappa shape index (κ1) is 27.7. The largest absolute Gasteiger partial charge is 0.443 e. The van der Waals surface area contributed by atoms with Crippen molar-refractivity contribution in [3.05, 3.63) is 29.3 Å². The van der Waals surface area contributed by atoms with Gasteiger partial charge in [-0.15, -0.1) is 24.0 Å². The second-order valence-corrected chi connectivity index (χ2v) is 9.98. The molecule has 2 fully saturated rings. The SMILES string of the molecule is CCNC(=NCc1ccc(N(C(=O)OC(C)(C)C)C2CC2)c(C)c1)N(C)CC1CCOC1.I. The quantitative estimate of drug-likeness (QED) is 0.285. The first-order chi connectivity index (χ1) is 15.2. The van der Waals surface area contributed by atoms with E-state index in [1.165, 1.54) is 0 Å². The molecule has 1 amide bonds. The first-order valence-corrected chi connectivity index (χ1v) is 11.9. The van der Waals surface area contributed by atoms with Crippen LogP contribution in [0.4, 0.5) is 10.5 Å². The minimum absolute atomic E-state index is 0. The van der Waals surface area contributed by atoms with Crippen LogP contribution in [-0.2, 0) is 16.0 Å². The predicted octanol–water partition coefficient (Wildman–Crippen LogP) is 4.95. The van der Waals surface area contributed by atoms with Crippen LogP contribution < -0.4 is 10.2 Å². The number of ether oxygens (including phenoxy) is 2. The smallest absolute Gasteiger partial charge is 0.415 e. The summed E-state index contributed by atoms with van der Waals surface area (Å²) in [4.78, 5) is 21.7. The van der Waals surface area contributed by atoms with Gasteiger partial charge in [0.15, 0.2) is 5.96 Å². The van der Waals surface area contributed by atoms with Crippen molar-refractivity contribution in [2.75, 3.05) is 38.3 Å². The zero-order valence-electron chi connectivity index (χ0n) is 21.0. The molecule has 0 radical (unpaired) electrons. The van der Waals surface area contributed by atoms with E-state index in [0.717, 1.165) is 68.3 Å². The van der Waals surface area contributed by atoms with Gasteiger partial charge in [0.25, 0.3) is 0 Å². The molecular weight excluding hydrogens is 531 g/mol. The van der Waals surface area contributed by atoms with E-state index in [-0.39, 0.29) is 36.1 Å². The van der Waals surface area contributed by atoms with Crippen molar-refractivity contribution in [1.82, 2.24) is 10.2 Å². The van der Waals surface area contributed by atoms with Crippen LogP contribution in [0.2, 0.25) is 0 Å². The molecule has 2 aliphatic rings. The lowest BCUT2D eigenvalue weighted by molar-refractivity contribution is 0.0577. The van der Waals surface area contributed by atoms with Crippen LogP contribution in [0.3, 0.4) is 0 Å². The number of rotatable bonds is 7. The molecule has 1 aromatic carbocycles. The minimum atomic E-state index is -0.508. The lowest BCUT2D eigenvalue weighted by atomic mass is 10.1. The van der Waals surface area contributed by atoms with E-state index in [9.17, 15) is 4.79 Å². The van der Waals surface area contributed by atoms with Gasteiger partial charge in [0.2, 0.25) is 0 Å². The summed E-state index contributed by atoms with van der Waals surface area (Å²) in [6.45, 7) is 13.9. The molecule has 1 aliphatic heterocycles. The lowest BCUT2D eigenvalue weighted by Crippen LogP contribution is -2.41. The predicted molar refractivity (Wildman–Crippen MR) is 145 cm³/mol. The minimum Gasteiger partial charge on any atom is -0.443 e. The standard InChI is InChI=1S/C25H40N4O3.HI/c1-7-26-23(28(6)16-20-12-13-31-17-20)27-15-19-8-11-22(18(2)14-19)29(21-9-10-21)24(30)32-25(3,4)5;/h8,11,14,20-21H,7,9-10,12-13,15-17H2,1-6H3,(H,26,27);1H. The van der Waals surface area contributed by atoms with Gasteiger partial charge < -0.3 is 19.7 Å². The van der Waals surface area contributed by atoms with E-state index in [2.05, 4.69) is 43.2 Å². The molecule has 1 aliphatic carbocycles. The fourth-order valence-electron chi connectivity index (χ4n) is 4.01. The Kier molecular flexibility index (Phi) is 10.3. The van der Waals surface area contributed by atoms with Crippen LogP contribution in [-0.4, -0.2) is 61.9 Å². The highest BCUT2D eigenvalue weighted by molar-refractivity contribution is 14.0. The number of aliphatic imine (C=N–C) groups is 1. The fraction of sp³-hybridized carbons (Fsp3) is 0.680. The van der Waals surface area contributed by atoms with Gasteiger partial charge in [-0.2, -0.15) is 0 Å². The highest BCUT2D eigenvalue weighted by Gasteiger charge is 2.37. The maximum atomic E-state index is 12.8. The average Bonchev–Trinajstić information content (AvgIpc) is 3.40. The van der Waals surface area contributed by atoms with Gasteiger partial charge in [0, 0.05) is 38.7 Å². The summed E-state index contributed by atoms with van der Waals surface area (Å²) in [5.41, 5.74) is 2.61. The molecule has 186 valence electrons. The van der Waals surface area contributed by atoms with Crippen molar-refractivity contribution < 1.29 is 14.3 Å². The Morgan fingerprint density at radius 1 is 1.27 bits per heavy atom. The fourth-order valence-corrected chi connectivity index (χ4v) is 4.01. The van der Waals surface area contributed by atoms with Gasteiger partial charge in [0.1, 0.15) is 5.60 Å². The number of halogens is 1. The van der Waals surface area contributed by atoms with Crippen LogP contribution in [0, 0.1) is 12.8 Å². The summed E-state index contributed by atoms with van der Waals surface area (Å²) in [7, 11) is 2.09. The van der Waals surface area contributed by atoms with Crippen LogP contribution in [0.15, 0.2) is 23.2 Å². The molecule has 0 aromatic heterocycles. The molecule has 1 unspecified atom stereocenters. The zero-order valence-corrected chi connectivity index (χ0v) is 23.3. The van der Waals surface area contributed by atoms with Gasteiger partial charge in [-0.3, -0.25) is 4.90 Å². The molecule has 0 spiro atoms. The highest BCUT2D eigenvalue weighted by atomic mass is 127. The van der Waals surface area contributed by atoms with Crippen LogP contribution in [0.25, 0.3) is 0 Å². The Morgan fingerprint density at radius 3 is 2.55 bits per heavy atom. The van der Waals surface area contributed by atoms with Crippen LogP contribution in [0.1, 0.15) is 58.1 Å². The number of carbonyl (C=O) groups is 1. The molecule has 3 rings (SSSR count). The van der Waals surface area contributed by atoms with Crippen molar-refractivity contribution in [3.63, 3.8) is 0 Å². The molecule has 1 atom stereocenters. The molecular formula is C25H41IN4O3. The van der Waals surface area contributed by atoms with E-state index >= 15 is 0 Å². The average molecular weight is 573 g/mol. The monoisotopic (exact) mass is 572 g/mol. The van der Waals surface area contributed by atoms with Crippen LogP contribution in [0.5, 0.6) is 0 Å². The van der Waals surface area contributed by atoms with Gasteiger partial charge in [-0.1, -0.05) is 12.1 Å². The highest BCUT2D eigenvalue weighted by Crippen LogP contribution is 2.35. The summed E-state index contributed by atoms with van der Waals surface area (Å²) < 4.78 is 11.2. The second kappa shape index (κ2) is 12.2. The number of aryl methyl sites for hydroxylation is 1. The number of hydrogen-bond donors (Lipinski definition) is 1. The Bertz CT molecular complexity index is 814. The molecule has 1 aromatic rings. The van der Waals surface area contributed by atoms with E-state index in [1.54, 1.807) is 0 Å². The summed E-state index contributed by atoms with van der Waals surface area (Å²) in [5, 5.41) is 3.40. The molecule has 7 nitrogen and oxygen atoms in total. The number of benzene rings is 1. The third kappa shape index (κ3) is 8.31. The number of carbonyl (C=O) groups excluding carboxylic acids is 1. The number of anilines is 1. The third-order valence-corrected chi connectivity index (χ3v) is 5.69. The molecule has 1 N–H and O–H groups in total. The van der Waals surface area contributed by atoms with Gasteiger partial charge in [-0.25, -0.2) is 9.79 Å². The maximum Gasteiger partial charge on any atom is 0.415 e. The van der Waals surface area contributed by atoms with E-state index in [1.807, 2.05) is 31.7 Å². The van der Waals surface area contributed by atoms with Crippen molar-refractivity contribution >= 4 is 41.7 Å². The number of amides is 1. The van der Waals surface area contributed by atoms with Crippen molar-refractivity contribution in [1.29, 1.82) is 0 Å². The number of guanidine groups is 1. The van der Waals surface area contributed by atoms with E-state index < -0.39 is 5.60 Å². The first-order valence-electron chi connectivity index (χ1n) is 11.9. The summed E-state index contributed by atoms with van der Waals surface area (Å²) >= 11 is 0. The number of nitrogens with one attached hydrogen (secondary N) is 1. The normalized spacial score (nSPS) is 18.5. The topological polar surface area (TPSA) is 66.4 Å². The summed E-state index contributed by atoms with van der Waals surface area (Å²) in [6, 6.07) is 6.47. The zero-order chi connectivity index (χ0) is 23.3. The Balaban J connectivity index is 0.00000385. The maximum absolute atomic E-state index is 12.8. The molecule has 1 saturated heterocycles. The lowest BCUT2D eigenvalue weighted by Gasteiger charge is -2.28. The van der Waals surface area contributed by atoms with Gasteiger partial charge in [0.05, 0.1) is 18.8 Å². The van der Waals surface area contributed by atoms with Crippen LogP contribution >= 0.6 is 24.0 Å².